The molecule has 1 heterocycles. The summed E-state index contributed by atoms with van der Waals surface area (Å²) in [6.07, 6.45) is 1.66. The molecule has 0 amide bonds. The molecule has 1 aromatic heterocycles. The van der Waals surface area contributed by atoms with E-state index in [-0.39, 0.29) is 12.3 Å². The second-order valence-corrected chi connectivity index (χ2v) is 6.82. The molecule has 4 aromatic rings. The molecular weight excluding hydrogens is 410 g/mol. The molecule has 4 rings (SSSR count). The molecule has 0 aliphatic rings. The third kappa shape index (κ3) is 5.01. The number of H-pyrrole nitrogens is 1. The van der Waals surface area contributed by atoms with Crippen LogP contribution in [0.1, 0.15) is 18.1 Å². The van der Waals surface area contributed by atoms with Crippen LogP contribution in [0.4, 0.5) is 11.6 Å². The number of aromatic amines is 1. The van der Waals surface area contributed by atoms with Gasteiger partial charge in [0.2, 0.25) is 5.95 Å². The maximum absolute atomic E-state index is 10.8. The predicted molar refractivity (Wildman–Crippen MR) is 122 cm³/mol. The lowest BCUT2D eigenvalue weighted by molar-refractivity contribution is -0.384. The number of hydrogen-bond acceptors (Lipinski definition) is 7. The number of anilines is 1. The van der Waals surface area contributed by atoms with E-state index in [1.165, 1.54) is 12.1 Å². The van der Waals surface area contributed by atoms with Gasteiger partial charge in [0.05, 0.1) is 28.8 Å². The van der Waals surface area contributed by atoms with Gasteiger partial charge in [-0.3, -0.25) is 10.1 Å². The Bertz CT molecular complexity index is 1220. The fraction of sp³-hybridized carbons (Fsp3) is 0.130. The van der Waals surface area contributed by atoms with E-state index in [1.807, 2.05) is 43.3 Å². The van der Waals surface area contributed by atoms with E-state index < -0.39 is 4.92 Å². The number of nitro groups is 1. The molecule has 0 atom stereocenters. The maximum atomic E-state index is 10.8. The number of non-ortho nitro benzene ring substituents is 1. The second-order valence-electron chi connectivity index (χ2n) is 6.82. The van der Waals surface area contributed by atoms with Crippen LogP contribution in [0.2, 0.25) is 0 Å². The van der Waals surface area contributed by atoms with Crippen molar-refractivity contribution in [3.05, 3.63) is 88.0 Å². The smallest absolute Gasteiger partial charge is 0.269 e. The van der Waals surface area contributed by atoms with Crippen molar-refractivity contribution >= 4 is 28.9 Å². The number of nitro benzene ring substituents is 1. The molecule has 0 saturated carbocycles. The molecule has 2 N–H and O–H groups in total. The highest BCUT2D eigenvalue weighted by atomic mass is 16.6. The van der Waals surface area contributed by atoms with Gasteiger partial charge in [-0.2, -0.15) is 5.10 Å². The summed E-state index contributed by atoms with van der Waals surface area (Å²) in [5.41, 5.74) is 6.36. The van der Waals surface area contributed by atoms with Crippen LogP contribution in [-0.4, -0.2) is 27.7 Å². The molecule has 0 aliphatic carbocycles. The SMILES string of the molecule is CCOc1cc(/C=N\Nc2nc3ccccc3[nH]2)ccc1OCc1ccc([N+](=O)[O-])cc1. The topological polar surface area (TPSA) is 115 Å². The molecule has 0 fully saturated rings. The molecule has 0 radical (unpaired) electrons. The van der Waals surface area contributed by atoms with Crippen LogP contribution in [0.5, 0.6) is 11.5 Å². The minimum Gasteiger partial charge on any atom is -0.490 e. The van der Waals surface area contributed by atoms with Crippen LogP contribution >= 0.6 is 0 Å². The fourth-order valence-corrected chi connectivity index (χ4v) is 3.04. The number of benzene rings is 3. The molecule has 0 spiro atoms. The van der Waals surface area contributed by atoms with Crippen molar-refractivity contribution < 1.29 is 14.4 Å². The maximum Gasteiger partial charge on any atom is 0.269 e. The lowest BCUT2D eigenvalue weighted by Gasteiger charge is -2.12. The Morgan fingerprint density at radius 3 is 2.66 bits per heavy atom. The summed E-state index contributed by atoms with van der Waals surface area (Å²) in [6, 6.07) is 19.5. The van der Waals surface area contributed by atoms with Gasteiger partial charge in [0.15, 0.2) is 11.5 Å². The second kappa shape index (κ2) is 9.61. The molecule has 0 saturated heterocycles. The zero-order chi connectivity index (χ0) is 22.3. The number of rotatable bonds is 9. The lowest BCUT2D eigenvalue weighted by Crippen LogP contribution is -2.01. The zero-order valence-electron chi connectivity index (χ0n) is 17.3. The Morgan fingerprint density at radius 2 is 1.91 bits per heavy atom. The molecule has 32 heavy (non-hydrogen) atoms. The Kier molecular flexibility index (Phi) is 6.26. The average molecular weight is 431 g/mol. The summed E-state index contributed by atoms with van der Waals surface area (Å²) >= 11 is 0. The molecule has 0 aliphatic heterocycles. The minimum atomic E-state index is -0.429. The highest BCUT2D eigenvalue weighted by molar-refractivity contribution is 5.82. The van der Waals surface area contributed by atoms with Crippen LogP contribution in [0, 0.1) is 10.1 Å². The van der Waals surface area contributed by atoms with Crippen molar-refractivity contribution in [2.75, 3.05) is 12.0 Å². The molecule has 9 nitrogen and oxygen atoms in total. The van der Waals surface area contributed by atoms with Crippen molar-refractivity contribution in [3.8, 4) is 11.5 Å². The normalized spacial score (nSPS) is 11.0. The Morgan fingerprint density at radius 1 is 1.09 bits per heavy atom. The van der Waals surface area contributed by atoms with Crippen LogP contribution in [0.3, 0.4) is 0 Å². The number of hydrogen-bond donors (Lipinski definition) is 2. The van der Waals surface area contributed by atoms with Gasteiger partial charge in [0.1, 0.15) is 6.61 Å². The summed E-state index contributed by atoms with van der Waals surface area (Å²) in [4.78, 5) is 17.9. The Balaban J connectivity index is 1.42. The number of hydrazone groups is 1. The van der Waals surface area contributed by atoms with Crippen molar-refractivity contribution in [1.82, 2.24) is 9.97 Å². The summed E-state index contributed by atoms with van der Waals surface area (Å²) in [7, 11) is 0. The van der Waals surface area contributed by atoms with E-state index >= 15 is 0 Å². The molecular formula is C23H21N5O4. The van der Waals surface area contributed by atoms with Gasteiger partial charge in [0.25, 0.3) is 5.69 Å². The van der Waals surface area contributed by atoms with E-state index in [4.69, 9.17) is 9.47 Å². The number of aromatic nitrogens is 2. The number of imidazole rings is 1. The fourth-order valence-electron chi connectivity index (χ4n) is 3.04. The van der Waals surface area contributed by atoms with Gasteiger partial charge in [0, 0.05) is 12.1 Å². The molecule has 3 aromatic carbocycles. The van der Waals surface area contributed by atoms with Gasteiger partial charge >= 0.3 is 0 Å². The number of para-hydroxylation sites is 2. The summed E-state index contributed by atoms with van der Waals surface area (Å²) in [6.45, 7) is 2.63. The molecule has 0 bridgehead atoms. The highest BCUT2D eigenvalue weighted by Crippen LogP contribution is 2.29. The quantitative estimate of drug-likeness (QED) is 0.221. The van der Waals surface area contributed by atoms with Crippen LogP contribution in [0.15, 0.2) is 71.8 Å². The largest absolute Gasteiger partial charge is 0.490 e. The summed E-state index contributed by atoms with van der Waals surface area (Å²) in [5, 5.41) is 15.0. The third-order valence-electron chi connectivity index (χ3n) is 4.58. The summed E-state index contributed by atoms with van der Waals surface area (Å²) in [5.74, 6) is 1.71. The van der Waals surface area contributed by atoms with Crippen molar-refractivity contribution in [1.29, 1.82) is 0 Å². The number of nitrogens with one attached hydrogen (secondary N) is 2. The first-order chi connectivity index (χ1) is 15.6. The van der Waals surface area contributed by atoms with Gasteiger partial charge in [-0.25, -0.2) is 10.4 Å². The van der Waals surface area contributed by atoms with Crippen LogP contribution in [0.25, 0.3) is 11.0 Å². The van der Waals surface area contributed by atoms with Gasteiger partial charge in [-0.05, 0) is 60.5 Å². The molecule has 9 heteroatoms. The predicted octanol–water partition coefficient (Wildman–Crippen LogP) is 4.89. The van der Waals surface area contributed by atoms with Gasteiger partial charge in [-0.1, -0.05) is 12.1 Å². The third-order valence-corrected chi connectivity index (χ3v) is 4.58. The lowest BCUT2D eigenvalue weighted by atomic mass is 10.2. The first-order valence-electron chi connectivity index (χ1n) is 9.99. The van der Waals surface area contributed by atoms with Crippen molar-refractivity contribution in [2.24, 2.45) is 5.10 Å². The van der Waals surface area contributed by atoms with E-state index in [2.05, 4.69) is 20.5 Å². The average Bonchev–Trinajstić information content (AvgIpc) is 3.22. The van der Waals surface area contributed by atoms with Crippen LogP contribution < -0.4 is 14.9 Å². The molecule has 162 valence electrons. The zero-order valence-corrected chi connectivity index (χ0v) is 17.3. The van der Waals surface area contributed by atoms with E-state index in [9.17, 15) is 10.1 Å². The van der Waals surface area contributed by atoms with Crippen LogP contribution in [-0.2, 0) is 6.61 Å². The Hall–Kier alpha value is -4.40. The van der Waals surface area contributed by atoms with Crippen molar-refractivity contribution in [2.45, 2.75) is 13.5 Å². The van der Waals surface area contributed by atoms with E-state index in [0.717, 1.165) is 22.2 Å². The van der Waals surface area contributed by atoms with Gasteiger partial charge < -0.3 is 14.5 Å². The van der Waals surface area contributed by atoms with E-state index in [0.29, 0.717) is 24.1 Å². The first-order valence-corrected chi connectivity index (χ1v) is 9.99. The monoisotopic (exact) mass is 431 g/mol. The number of ether oxygens (including phenoxy) is 2. The minimum absolute atomic E-state index is 0.0450. The first kappa shape index (κ1) is 20.9. The summed E-state index contributed by atoms with van der Waals surface area (Å²) < 4.78 is 11.6. The standard InChI is InChI=1S/C23H21N5O4/c1-2-31-22-13-17(14-24-27-23-25-19-5-3-4-6-20(19)26-23)9-12-21(22)32-15-16-7-10-18(11-8-16)28(29)30/h3-14H,2,15H2,1H3,(H2,25,26,27)/b24-14-. The Labute approximate surface area is 183 Å². The highest BCUT2D eigenvalue weighted by Gasteiger charge is 2.08. The number of nitrogens with zero attached hydrogens (tertiary/aromatic N) is 3. The van der Waals surface area contributed by atoms with Crippen molar-refractivity contribution in [3.63, 3.8) is 0 Å². The van der Waals surface area contributed by atoms with Gasteiger partial charge in [-0.15, -0.1) is 0 Å². The molecule has 0 unspecified atom stereocenters. The van der Waals surface area contributed by atoms with E-state index in [1.54, 1.807) is 24.4 Å². The number of fused-ring (bicyclic) bond motifs is 1.